The highest BCUT2D eigenvalue weighted by Crippen LogP contribution is 1.94. The van der Waals surface area contributed by atoms with Crippen molar-refractivity contribution in [2.75, 3.05) is 12.3 Å². The van der Waals surface area contributed by atoms with Gasteiger partial charge in [-0.15, -0.1) is 0 Å². The highest BCUT2D eigenvalue weighted by Gasteiger charge is 2.13. The van der Waals surface area contributed by atoms with Gasteiger partial charge in [0.05, 0.1) is 0 Å². The van der Waals surface area contributed by atoms with E-state index in [9.17, 15) is 4.79 Å². The SMILES string of the molecule is CCCN[C@@H](CCS)C(=O)O.N=[SH2]=O. The quantitative estimate of drug-likeness (QED) is 0.500. The molecular formula is C7H18N2O3S2. The summed E-state index contributed by atoms with van der Waals surface area (Å²) < 4.78 is 14.3. The second kappa shape index (κ2) is 12.7. The van der Waals surface area contributed by atoms with Crippen LogP contribution >= 0.6 is 12.6 Å². The summed E-state index contributed by atoms with van der Waals surface area (Å²) in [6.07, 6.45) is 1.54. The van der Waals surface area contributed by atoms with Gasteiger partial charge < -0.3 is 10.4 Å². The number of carboxylic acid groups (broad SMARTS) is 1. The molecule has 0 fully saturated rings. The van der Waals surface area contributed by atoms with Crippen LogP contribution in [0, 0.1) is 4.78 Å². The fourth-order valence-electron chi connectivity index (χ4n) is 0.761. The number of carboxylic acids is 1. The molecule has 0 saturated heterocycles. The Morgan fingerprint density at radius 1 is 1.71 bits per heavy atom. The van der Waals surface area contributed by atoms with E-state index in [1.165, 1.54) is 0 Å². The van der Waals surface area contributed by atoms with Gasteiger partial charge in [0.15, 0.2) is 0 Å². The first-order valence-corrected chi connectivity index (χ1v) is 5.79. The lowest BCUT2D eigenvalue weighted by Crippen LogP contribution is -2.37. The molecule has 0 aromatic carbocycles. The average molecular weight is 242 g/mol. The average Bonchev–Trinajstić information content (AvgIpc) is 2.13. The van der Waals surface area contributed by atoms with E-state index in [-0.39, 0.29) is 0 Å². The van der Waals surface area contributed by atoms with Crippen molar-refractivity contribution in [3.05, 3.63) is 0 Å². The minimum atomic E-state index is -0.917. The molecule has 0 heterocycles. The maximum atomic E-state index is 10.5. The Bertz CT molecular complexity index is 184. The molecule has 0 saturated carbocycles. The maximum Gasteiger partial charge on any atom is 0.320 e. The topological polar surface area (TPSA) is 90.2 Å². The summed E-state index contributed by atoms with van der Waals surface area (Å²) in [5.74, 6) is -0.180. The number of nitrogens with one attached hydrogen (secondary N) is 2. The third-order valence-corrected chi connectivity index (χ3v) is 1.61. The van der Waals surface area contributed by atoms with Crippen molar-refractivity contribution in [2.24, 2.45) is 0 Å². The number of carbonyl (C=O) groups is 1. The lowest BCUT2D eigenvalue weighted by molar-refractivity contribution is -0.139. The van der Waals surface area contributed by atoms with Crippen LogP contribution < -0.4 is 5.32 Å². The Balaban J connectivity index is 0. The normalized spacial score (nSPS) is 12.1. The van der Waals surface area contributed by atoms with Gasteiger partial charge in [-0.2, -0.15) is 12.6 Å². The molecule has 0 rings (SSSR count). The smallest absolute Gasteiger partial charge is 0.320 e. The molecular weight excluding hydrogens is 224 g/mol. The molecule has 7 heteroatoms. The fraction of sp³-hybridized carbons (Fsp3) is 0.857. The van der Waals surface area contributed by atoms with Crippen LogP contribution in [0.3, 0.4) is 0 Å². The van der Waals surface area contributed by atoms with Crippen molar-refractivity contribution in [2.45, 2.75) is 25.8 Å². The van der Waals surface area contributed by atoms with Gasteiger partial charge in [0.1, 0.15) is 6.04 Å². The zero-order valence-electron chi connectivity index (χ0n) is 8.12. The summed E-state index contributed by atoms with van der Waals surface area (Å²) in [5.41, 5.74) is 0. The first kappa shape index (κ1) is 16.2. The summed E-state index contributed by atoms with van der Waals surface area (Å²) in [6, 6.07) is -0.424. The van der Waals surface area contributed by atoms with E-state index in [1.807, 2.05) is 6.92 Å². The number of hydrogen-bond donors (Lipinski definition) is 4. The molecule has 0 aromatic heterocycles. The lowest BCUT2D eigenvalue weighted by Gasteiger charge is -2.11. The van der Waals surface area contributed by atoms with Crippen LogP contribution in [0.4, 0.5) is 0 Å². The summed E-state index contributed by atoms with van der Waals surface area (Å²) >= 11 is 3.06. The molecule has 1 atom stereocenters. The van der Waals surface area contributed by atoms with Gasteiger partial charge >= 0.3 is 5.97 Å². The predicted octanol–water partition coefficient (Wildman–Crippen LogP) is 0.185. The van der Waals surface area contributed by atoms with Crippen LogP contribution in [-0.2, 0) is 16.3 Å². The minimum Gasteiger partial charge on any atom is -0.480 e. The van der Waals surface area contributed by atoms with Crippen LogP contribution in [0.5, 0.6) is 0 Å². The zero-order valence-corrected chi connectivity index (χ0v) is 10.0. The Morgan fingerprint density at radius 2 is 2.21 bits per heavy atom. The summed E-state index contributed by atoms with van der Waals surface area (Å²) in [5, 5.41) is 11.6. The predicted molar refractivity (Wildman–Crippen MR) is 61.8 cm³/mol. The molecule has 0 amide bonds. The number of rotatable bonds is 6. The highest BCUT2D eigenvalue weighted by atomic mass is 32.1. The Hall–Kier alpha value is -0.270. The molecule has 0 radical (unpaired) electrons. The van der Waals surface area contributed by atoms with Gasteiger partial charge in [0.2, 0.25) is 0 Å². The van der Waals surface area contributed by atoms with E-state index in [1.54, 1.807) is 0 Å². The Morgan fingerprint density at radius 3 is 2.50 bits per heavy atom. The molecule has 0 aliphatic heterocycles. The second-order valence-corrected chi connectivity index (χ2v) is 3.11. The highest BCUT2D eigenvalue weighted by molar-refractivity contribution is 7.80. The van der Waals surface area contributed by atoms with Gasteiger partial charge in [-0.05, 0) is 25.1 Å². The summed E-state index contributed by atoms with van der Waals surface area (Å²) in [6.45, 7) is 2.76. The molecule has 0 bridgehead atoms. The number of aliphatic carboxylic acids is 1. The lowest BCUT2D eigenvalue weighted by atomic mass is 10.2. The van der Waals surface area contributed by atoms with Crippen molar-refractivity contribution in [3.63, 3.8) is 0 Å². The van der Waals surface area contributed by atoms with E-state index in [0.717, 1.165) is 13.0 Å². The van der Waals surface area contributed by atoms with Crippen LogP contribution in [0.15, 0.2) is 0 Å². The van der Waals surface area contributed by atoms with E-state index in [4.69, 9.17) is 14.1 Å². The van der Waals surface area contributed by atoms with Crippen molar-refractivity contribution in [1.82, 2.24) is 5.32 Å². The fourth-order valence-corrected chi connectivity index (χ4v) is 1.02. The molecule has 3 N–H and O–H groups in total. The number of hydrogen-bond acceptors (Lipinski definition) is 5. The molecule has 86 valence electrons. The first-order chi connectivity index (χ1) is 6.63. The van der Waals surface area contributed by atoms with Crippen molar-refractivity contribution in [1.29, 1.82) is 4.78 Å². The maximum absolute atomic E-state index is 10.5. The van der Waals surface area contributed by atoms with Gasteiger partial charge in [0, 0.05) is 11.5 Å². The van der Waals surface area contributed by atoms with Crippen LogP contribution in [0.25, 0.3) is 0 Å². The van der Waals surface area contributed by atoms with Gasteiger partial charge in [-0.1, -0.05) is 6.92 Å². The zero-order chi connectivity index (χ0) is 11.4. The minimum absolute atomic E-state index is 0.424. The summed E-state index contributed by atoms with van der Waals surface area (Å²) in [4.78, 5) is 10.5. The van der Waals surface area contributed by atoms with Crippen molar-refractivity contribution < 1.29 is 14.1 Å². The third kappa shape index (κ3) is 11.7. The Labute approximate surface area is 92.7 Å². The monoisotopic (exact) mass is 242 g/mol. The molecule has 0 aliphatic carbocycles. The van der Waals surface area contributed by atoms with Crippen molar-refractivity contribution >= 4 is 30.1 Å². The van der Waals surface area contributed by atoms with Gasteiger partial charge in [0.25, 0.3) is 0 Å². The molecule has 5 nitrogen and oxygen atoms in total. The van der Waals surface area contributed by atoms with Crippen LogP contribution in [0.2, 0.25) is 0 Å². The van der Waals surface area contributed by atoms with E-state index >= 15 is 0 Å². The van der Waals surface area contributed by atoms with Gasteiger partial charge in [-0.3, -0.25) is 13.8 Å². The second-order valence-electron chi connectivity index (χ2n) is 2.46. The molecule has 0 aromatic rings. The van der Waals surface area contributed by atoms with Crippen LogP contribution in [-0.4, -0.2) is 33.6 Å². The van der Waals surface area contributed by atoms with Crippen molar-refractivity contribution in [3.8, 4) is 0 Å². The van der Waals surface area contributed by atoms with E-state index in [2.05, 4.69) is 17.9 Å². The van der Waals surface area contributed by atoms with E-state index < -0.39 is 23.5 Å². The number of thiol groups is 1. The van der Waals surface area contributed by atoms with Crippen LogP contribution in [0.1, 0.15) is 19.8 Å². The van der Waals surface area contributed by atoms with Gasteiger partial charge in [-0.25, -0.2) is 0 Å². The molecule has 0 aliphatic rings. The molecule has 0 spiro atoms. The van der Waals surface area contributed by atoms with E-state index in [0.29, 0.717) is 12.2 Å². The molecule has 0 unspecified atom stereocenters. The molecule has 14 heavy (non-hydrogen) atoms. The Kier molecular flexibility index (Phi) is 14.7. The summed E-state index contributed by atoms with van der Waals surface area (Å²) in [7, 11) is 0. The first-order valence-electron chi connectivity index (χ1n) is 4.24. The largest absolute Gasteiger partial charge is 0.480 e. The standard InChI is InChI=1S/C7H15NO2S.H3NOS/c1-2-4-8-6(3-5-11)7(9)10;1-3-2/h6,8,11H,2-5H2,1H3,(H,9,10);1H,3H2/t6-;/m0./s1. The third-order valence-electron chi connectivity index (χ3n) is 1.36.